The number of methoxy groups -OCH3 is 1. The second-order valence-corrected chi connectivity index (χ2v) is 5.96. The molecule has 3 aromatic rings. The predicted octanol–water partition coefficient (Wildman–Crippen LogP) is 3.91. The second-order valence-electron chi connectivity index (χ2n) is 5.96. The molecule has 2 aromatic carbocycles. The van der Waals surface area contributed by atoms with Crippen LogP contribution in [0, 0.1) is 13.8 Å². The lowest BCUT2D eigenvalue weighted by Gasteiger charge is -2.11. The van der Waals surface area contributed by atoms with Gasteiger partial charge in [-0.3, -0.25) is 4.79 Å². The Morgan fingerprint density at radius 1 is 1.08 bits per heavy atom. The van der Waals surface area contributed by atoms with Gasteiger partial charge in [-0.15, -0.1) is 0 Å². The van der Waals surface area contributed by atoms with Crippen LogP contribution in [0.5, 0.6) is 0 Å². The van der Waals surface area contributed by atoms with Gasteiger partial charge in [-0.25, -0.2) is 4.79 Å². The van der Waals surface area contributed by atoms with E-state index in [-0.39, 0.29) is 0 Å². The summed E-state index contributed by atoms with van der Waals surface area (Å²) < 4.78 is 6.78. The summed E-state index contributed by atoms with van der Waals surface area (Å²) in [5.41, 5.74) is 4.84. The zero-order chi connectivity index (χ0) is 17.3. The highest BCUT2D eigenvalue weighted by Gasteiger charge is 2.23. The molecule has 122 valence electrons. The van der Waals surface area contributed by atoms with Crippen LogP contribution in [0.25, 0.3) is 10.9 Å². The number of carbonyl (C=O) groups excluding carboxylic acids is 2. The quantitative estimate of drug-likeness (QED) is 0.541. The van der Waals surface area contributed by atoms with Crippen molar-refractivity contribution in [3.63, 3.8) is 0 Å². The van der Waals surface area contributed by atoms with E-state index in [2.05, 4.69) is 0 Å². The zero-order valence-corrected chi connectivity index (χ0v) is 14.0. The summed E-state index contributed by atoms with van der Waals surface area (Å²) in [4.78, 5) is 23.9. The van der Waals surface area contributed by atoms with E-state index in [1.54, 1.807) is 0 Å². The highest BCUT2D eigenvalue weighted by molar-refractivity contribution is 6.08. The molecule has 4 nitrogen and oxygen atoms in total. The van der Waals surface area contributed by atoms with Crippen LogP contribution in [0.15, 0.2) is 42.5 Å². The average Bonchev–Trinajstić information content (AvgIpc) is 2.89. The number of benzene rings is 2. The maximum Gasteiger partial charge on any atom is 0.355 e. The third-order valence-corrected chi connectivity index (χ3v) is 4.22. The van der Waals surface area contributed by atoms with E-state index in [1.807, 2.05) is 60.9 Å². The molecule has 3 rings (SSSR count). The summed E-state index contributed by atoms with van der Waals surface area (Å²) in [6.45, 7) is 4.52. The minimum atomic E-state index is -0.502. The van der Waals surface area contributed by atoms with Crippen molar-refractivity contribution in [3.05, 3.63) is 70.4 Å². The van der Waals surface area contributed by atoms with Crippen molar-refractivity contribution in [2.75, 3.05) is 7.11 Å². The highest BCUT2D eigenvalue weighted by atomic mass is 16.5. The van der Waals surface area contributed by atoms with Gasteiger partial charge in [0.2, 0.25) is 0 Å². The molecule has 24 heavy (non-hydrogen) atoms. The van der Waals surface area contributed by atoms with E-state index in [4.69, 9.17) is 4.74 Å². The first-order chi connectivity index (χ1) is 11.5. The van der Waals surface area contributed by atoms with Crippen LogP contribution >= 0.6 is 0 Å². The summed E-state index contributed by atoms with van der Waals surface area (Å²) in [6.07, 6.45) is 0.732. The average molecular weight is 321 g/mol. The molecular formula is C20H19NO3. The molecule has 0 unspecified atom stereocenters. The first-order valence-electron chi connectivity index (χ1n) is 7.77. The fourth-order valence-corrected chi connectivity index (χ4v) is 2.96. The van der Waals surface area contributed by atoms with Crippen molar-refractivity contribution >= 4 is 23.2 Å². The van der Waals surface area contributed by atoms with Gasteiger partial charge in [-0.2, -0.15) is 0 Å². The number of hydrogen-bond acceptors (Lipinski definition) is 3. The number of rotatable bonds is 4. The van der Waals surface area contributed by atoms with Crippen molar-refractivity contribution < 1.29 is 14.3 Å². The van der Waals surface area contributed by atoms with Gasteiger partial charge < -0.3 is 9.30 Å². The Morgan fingerprint density at radius 2 is 1.75 bits per heavy atom. The van der Waals surface area contributed by atoms with Gasteiger partial charge >= 0.3 is 5.97 Å². The Bertz CT molecular complexity index is 920. The minimum Gasteiger partial charge on any atom is -0.464 e. The van der Waals surface area contributed by atoms with Gasteiger partial charge in [0.1, 0.15) is 5.69 Å². The number of fused-ring (bicyclic) bond motifs is 1. The van der Waals surface area contributed by atoms with Crippen molar-refractivity contribution in [3.8, 4) is 0 Å². The molecular weight excluding hydrogens is 302 g/mol. The van der Waals surface area contributed by atoms with Crippen LogP contribution in [-0.4, -0.2) is 23.9 Å². The molecule has 0 fully saturated rings. The number of esters is 1. The monoisotopic (exact) mass is 321 g/mol. The van der Waals surface area contributed by atoms with Crippen LogP contribution in [0.2, 0.25) is 0 Å². The predicted molar refractivity (Wildman–Crippen MR) is 93.7 cm³/mol. The second kappa shape index (κ2) is 6.32. The van der Waals surface area contributed by atoms with Crippen LogP contribution in [-0.2, 0) is 11.3 Å². The van der Waals surface area contributed by atoms with Crippen LogP contribution in [0.4, 0.5) is 0 Å². The molecule has 0 bridgehead atoms. The number of hydrogen-bond donors (Lipinski definition) is 0. The largest absolute Gasteiger partial charge is 0.464 e. The lowest BCUT2D eigenvalue weighted by Crippen LogP contribution is -2.13. The Hall–Kier alpha value is -2.88. The van der Waals surface area contributed by atoms with Gasteiger partial charge in [0.15, 0.2) is 6.29 Å². The number of aromatic nitrogens is 1. The summed E-state index contributed by atoms with van der Waals surface area (Å²) in [5, 5.41) is 0.767. The molecule has 0 aliphatic carbocycles. The lowest BCUT2D eigenvalue weighted by molar-refractivity contribution is 0.0587. The number of aryl methyl sites for hydroxylation is 2. The van der Waals surface area contributed by atoms with Crippen LogP contribution in [0.3, 0.4) is 0 Å². The maximum atomic E-state index is 12.3. The Morgan fingerprint density at radius 3 is 2.38 bits per heavy atom. The van der Waals surface area contributed by atoms with Crippen molar-refractivity contribution in [2.45, 2.75) is 20.4 Å². The number of nitrogens with zero attached hydrogens (tertiary/aromatic N) is 1. The van der Waals surface area contributed by atoms with E-state index in [9.17, 15) is 9.59 Å². The first kappa shape index (κ1) is 16.0. The summed E-state index contributed by atoms with van der Waals surface area (Å²) >= 11 is 0. The van der Waals surface area contributed by atoms with E-state index in [1.165, 1.54) is 12.7 Å². The van der Waals surface area contributed by atoms with Crippen molar-refractivity contribution in [1.29, 1.82) is 0 Å². The fraction of sp³-hybridized carbons (Fsp3) is 0.200. The van der Waals surface area contributed by atoms with Gasteiger partial charge in [0, 0.05) is 17.4 Å². The molecule has 0 saturated carbocycles. The molecule has 4 heteroatoms. The van der Waals surface area contributed by atoms with E-state index >= 15 is 0 Å². The van der Waals surface area contributed by atoms with Crippen molar-refractivity contribution in [2.24, 2.45) is 0 Å². The molecule has 0 aliphatic heterocycles. The maximum absolute atomic E-state index is 12.3. The highest BCUT2D eigenvalue weighted by Crippen LogP contribution is 2.28. The Labute approximate surface area is 140 Å². The number of aldehydes is 1. The molecule has 0 N–H and O–H groups in total. The van der Waals surface area contributed by atoms with Gasteiger partial charge in [-0.1, -0.05) is 42.0 Å². The smallest absolute Gasteiger partial charge is 0.355 e. The number of carbonyl (C=O) groups is 2. The van der Waals surface area contributed by atoms with Gasteiger partial charge in [-0.05, 0) is 31.0 Å². The van der Waals surface area contributed by atoms with Crippen molar-refractivity contribution in [1.82, 2.24) is 4.57 Å². The standard InChI is InChI=1S/C20H19NO3/c1-13-4-7-15(8-5-13)11-21-18-10-14(2)6-9-16(18)17(12-22)19(21)20(23)24-3/h4-10,12H,11H2,1-3H3. The van der Waals surface area contributed by atoms with Crippen LogP contribution < -0.4 is 0 Å². The third-order valence-electron chi connectivity index (χ3n) is 4.22. The number of ether oxygens (including phenoxy) is 1. The molecule has 0 saturated heterocycles. The normalized spacial score (nSPS) is 10.8. The van der Waals surface area contributed by atoms with E-state index < -0.39 is 5.97 Å². The van der Waals surface area contributed by atoms with Gasteiger partial charge in [0.05, 0.1) is 12.7 Å². The van der Waals surface area contributed by atoms with E-state index in [0.29, 0.717) is 17.8 Å². The molecule has 0 spiro atoms. The Balaban J connectivity index is 2.26. The summed E-state index contributed by atoms with van der Waals surface area (Å²) in [7, 11) is 1.33. The third kappa shape index (κ3) is 2.71. The van der Waals surface area contributed by atoms with Gasteiger partial charge in [0.25, 0.3) is 0 Å². The molecule has 1 aromatic heterocycles. The molecule has 0 amide bonds. The summed E-state index contributed by atoms with van der Waals surface area (Å²) in [6, 6.07) is 13.9. The Kier molecular flexibility index (Phi) is 4.21. The van der Waals surface area contributed by atoms with E-state index in [0.717, 1.165) is 28.3 Å². The lowest BCUT2D eigenvalue weighted by atomic mass is 10.1. The fourth-order valence-electron chi connectivity index (χ4n) is 2.96. The SMILES string of the molecule is COC(=O)c1c(C=O)c2ccc(C)cc2n1Cc1ccc(C)cc1. The summed E-state index contributed by atoms with van der Waals surface area (Å²) in [5.74, 6) is -0.502. The first-order valence-corrected chi connectivity index (χ1v) is 7.77. The minimum absolute atomic E-state index is 0.300. The zero-order valence-electron chi connectivity index (χ0n) is 14.0. The molecule has 0 radical (unpaired) electrons. The molecule has 0 atom stereocenters. The molecule has 0 aliphatic rings. The van der Waals surface area contributed by atoms with Crippen LogP contribution in [0.1, 0.15) is 37.5 Å². The molecule has 1 heterocycles. The topological polar surface area (TPSA) is 48.3 Å².